The van der Waals surface area contributed by atoms with Gasteiger partial charge in [-0.1, -0.05) is 18.2 Å². The van der Waals surface area contributed by atoms with Crippen LogP contribution >= 0.6 is 0 Å². The number of aliphatic hydroxyl groups is 1. The minimum Gasteiger partial charge on any atom is -0.489 e. The van der Waals surface area contributed by atoms with Crippen LogP contribution < -0.4 is 15.8 Å². The fourth-order valence-electron chi connectivity index (χ4n) is 5.03. The zero-order valence-corrected chi connectivity index (χ0v) is 23.3. The molecule has 0 aliphatic carbocycles. The van der Waals surface area contributed by atoms with Crippen molar-refractivity contribution in [1.29, 1.82) is 0 Å². The third-order valence-electron chi connectivity index (χ3n) is 7.65. The number of hydrogen-bond donors (Lipinski definition) is 3. The zero-order valence-electron chi connectivity index (χ0n) is 23.3. The lowest BCUT2D eigenvalue weighted by molar-refractivity contribution is -0.265. The van der Waals surface area contributed by atoms with Crippen LogP contribution in [0.1, 0.15) is 39.9 Å². The SMILES string of the molecule is Cc1nn(-c2ccccc2)c(C)c1C(=O)NCC(O)(c1cc2c(c(-c3ccc(F)cc3)n1)OC[C@]2(C)C(N)=O)C(F)(F)F. The maximum absolute atomic E-state index is 14.7. The van der Waals surface area contributed by atoms with E-state index in [2.05, 4.69) is 15.4 Å². The molecule has 5 rings (SSSR count). The summed E-state index contributed by atoms with van der Waals surface area (Å²) in [4.78, 5) is 29.8. The Morgan fingerprint density at radius 2 is 1.77 bits per heavy atom. The lowest BCUT2D eigenvalue weighted by Crippen LogP contribution is -2.52. The highest BCUT2D eigenvalue weighted by Crippen LogP contribution is 2.47. The molecule has 0 spiro atoms. The van der Waals surface area contributed by atoms with E-state index in [0.29, 0.717) is 11.4 Å². The third-order valence-corrected chi connectivity index (χ3v) is 7.65. The average Bonchev–Trinajstić information content (AvgIpc) is 3.47. The molecule has 0 saturated carbocycles. The predicted molar refractivity (Wildman–Crippen MR) is 147 cm³/mol. The van der Waals surface area contributed by atoms with Crippen molar-refractivity contribution in [1.82, 2.24) is 20.1 Å². The van der Waals surface area contributed by atoms with Crippen molar-refractivity contribution >= 4 is 11.8 Å². The summed E-state index contributed by atoms with van der Waals surface area (Å²) >= 11 is 0. The Bertz CT molecular complexity index is 1720. The number of carbonyl (C=O) groups is 2. The van der Waals surface area contributed by atoms with Crippen molar-refractivity contribution in [2.75, 3.05) is 13.2 Å². The second kappa shape index (κ2) is 10.5. The number of benzene rings is 2. The van der Waals surface area contributed by atoms with E-state index in [9.17, 15) is 32.3 Å². The molecule has 2 atom stereocenters. The number of primary amides is 1. The van der Waals surface area contributed by atoms with Gasteiger partial charge in [0.1, 0.15) is 29.3 Å². The molecule has 4 aromatic rings. The Kier molecular flexibility index (Phi) is 7.25. The minimum atomic E-state index is -5.34. The first-order valence-corrected chi connectivity index (χ1v) is 13.1. The Balaban J connectivity index is 1.58. The molecular weight excluding hydrogens is 570 g/mol. The number of aryl methyl sites for hydroxylation is 1. The molecule has 13 heteroatoms. The van der Waals surface area contributed by atoms with E-state index in [4.69, 9.17) is 10.5 Å². The van der Waals surface area contributed by atoms with Crippen LogP contribution in [-0.4, -0.2) is 51.0 Å². The number of ether oxygens (including phenoxy) is 1. The number of carbonyl (C=O) groups excluding carboxylic acids is 2. The zero-order chi connectivity index (χ0) is 31.3. The monoisotopic (exact) mass is 597 g/mol. The van der Waals surface area contributed by atoms with Crippen LogP contribution in [0.2, 0.25) is 0 Å². The van der Waals surface area contributed by atoms with Crippen molar-refractivity contribution in [2.24, 2.45) is 5.73 Å². The van der Waals surface area contributed by atoms with Gasteiger partial charge in [-0.15, -0.1) is 0 Å². The molecule has 43 heavy (non-hydrogen) atoms. The van der Waals surface area contributed by atoms with Crippen LogP contribution in [0.3, 0.4) is 0 Å². The fourth-order valence-corrected chi connectivity index (χ4v) is 5.03. The summed E-state index contributed by atoms with van der Waals surface area (Å²) in [5, 5.41) is 17.8. The van der Waals surface area contributed by atoms with Gasteiger partial charge in [-0.2, -0.15) is 18.3 Å². The van der Waals surface area contributed by atoms with Gasteiger partial charge in [0.05, 0.1) is 34.9 Å². The molecule has 1 aliphatic rings. The van der Waals surface area contributed by atoms with Gasteiger partial charge in [-0.05, 0) is 63.2 Å². The molecule has 224 valence electrons. The number of para-hydroxylation sites is 1. The lowest BCUT2D eigenvalue weighted by atomic mass is 9.81. The van der Waals surface area contributed by atoms with Crippen LogP contribution in [0.5, 0.6) is 5.75 Å². The molecule has 2 aromatic heterocycles. The topological polar surface area (TPSA) is 132 Å². The van der Waals surface area contributed by atoms with E-state index in [0.717, 1.165) is 18.2 Å². The first-order valence-electron chi connectivity index (χ1n) is 13.1. The Labute approximate surface area is 243 Å². The second-order valence-corrected chi connectivity index (χ2v) is 10.6. The standard InChI is InChI=1S/C30H27F4N5O4/c1-16-23(17(2)39(38-16)20-7-5-4-6-8-20)26(40)36-14-29(42,30(32,33)34)22-13-21-25(43-15-28(21,3)27(35)41)24(37-22)18-9-11-19(31)12-10-18/h4-13,42H,14-15H2,1-3H3,(H2,35,41)(H,36,40)/t28-,29?/m0/s1. The normalized spacial score (nSPS) is 17.6. The third kappa shape index (κ3) is 4.99. The van der Waals surface area contributed by atoms with Crippen LogP contribution in [0.25, 0.3) is 16.9 Å². The van der Waals surface area contributed by atoms with Crippen LogP contribution in [0.4, 0.5) is 17.6 Å². The molecule has 3 heterocycles. The molecule has 4 N–H and O–H groups in total. The second-order valence-electron chi connectivity index (χ2n) is 10.6. The molecule has 2 aromatic carbocycles. The predicted octanol–water partition coefficient (Wildman–Crippen LogP) is 4.01. The first kappa shape index (κ1) is 29.7. The Hall–Kier alpha value is -4.78. The summed E-state index contributed by atoms with van der Waals surface area (Å²) < 4.78 is 64.9. The number of amides is 2. The van der Waals surface area contributed by atoms with Gasteiger partial charge < -0.3 is 20.9 Å². The number of pyridine rings is 1. The number of nitrogens with zero attached hydrogens (tertiary/aromatic N) is 3. The highest BCUT2D eigenvalue weighted by atomic mass is 19.4. The van der Waals surface area contributed by atoms with Crippen molar-refractivity contribution in [2.45, 2.75) is 38.0 Å². The number of alkyl halides is 3. The molecule has 1 unspecified atom stereocenters. The van der Waals surface area contributed by atoms with Gasteiger partial charge in [-0.3, -0.25) is 9.59 Å². The van der Waals surface area contributed by atoms with Gasteiger partial charge in [0.15, 0.2) is 0 Å². The number of fused-ring (bicyclic) bond motifs is 1. The summed E-state index contributed by atoms with van der Waals surface area (Å²) in [5.41, 5.74) is 0.699. The number of nitrogens with two attached hydrogens (primary N) is 1. The van der Waals surface area contributed by atoms with E-state index in [1.54, 1.807) is 44.2 Å². The maximum Gasteiger partial charge on any atom is 0.424 e. The summed E-state index contributed by atoms with van der Waals surface area (Å²) in [6, 6.07) is 14.5. The Morgan fingerprint density at radius 3 is 2.37 bits per heavy atom. The smallest absolute Gasteiger partial charge is 0.424 e. The highest BCUT2D eigenvalue weighted by Gasteiger charge is 2.57. The van der Waals surface area contributed by atoms with E-state index >= 15 is 0 Å². The van der Waals surface area contributed by atoms with Gasteiger partial charge >= 0.3 is 6.18 Å². The summed E-state index contributed by atoms with van der Waals surface area (Å²) in [6.45, 7) is 2.91. The highest BCUT2D eigenvalue weighted by molar-refractivity contribution is 5.96. The number of hydrogen-bond acceptors (Lipinski definition) is 6. The molecule has 0 saturated heterocycles. The number of aromatic nitrogens is 3. The van der Waals surface area contributed by atoms with Crippen molar-refractivity contribution < 1.29 is 37.0 Å². The summed E-state index contributed by atoms with van der Waals surface area (Å²) in [7, 11) is 0. The molecular formula is C30H27F4N5O4. The largest absolute Gasteiger partial charge is 0.489 e. The number of halogens is 4. The summed E-state index contributed by atoms with van der Waals surface area (Å²) in [5.74, 6) is -2.40. The Morgan fingerprint density at radius 1 is 1.12 bits per heavy atom. The van der Waals surface area contributed by atoms with Gasteiger partial charge in [0.25, 0.3) is 5.91 Å². The molecule has 0 bridgehead atoms. The van der Waals surface area contributed by atoms with E-state index in [1.165, 1.54) is 23.7 Å². The first-order chi connectivity index (χ1) is 20.2. The summed E-state index contributed by atoms with van der Waals surface area (Å²) in [6.07, 6.45) is -5.34. The number of rotatable bonds is 7. The molecule has 0 radical (unpaired) electrons. The molecule has 1 aliphatic heterocycles. The van der Waals surface area contributed by atoms with E-state index in [1.807, 2.05) is 0 Å². The minimum absolute atomic E-state index is 0.0233. The van der Waals surface area contributed by atoms with Crippen molar-refractivity contribution in [3.05, 3.63) is 94.7 Å². The quantitative estimate of drug-likeness (QED) is 0.276. The maximum atomic E-state index is 14.7. The average molecular weight is 598 g/mol. The van der Waals surface area contributed by atoms with Gasteiger partial charge in [0, 0.05) is 11.1 Å². The van der Waals surface area contributed by atoms with Crippen molar-refractivity contribution in [3.63, 3.8) is 0 Å². The molecule has 2 amide bonds. The lowest BCUT2D eigenvalue weighted by Gasteiger charge is -2.31. The number of nitrogens with one attached hydrogen (secondary N) is 1. The molecule has 0 fully saturated rings. The van der Waals surface area contributed by atoms with E-state index < -0.39 is 47.1 Å². The van der Waals surface area contributed by atoms with Crippen LogP contribution in [-0.2, 0) is 15.8 Å². The van der Waals surface area contributed by atoms with E-state index in [-0.39, 0.29) is 40.4 Å². The van der Waals surface area contributed by atoms with Gasteiger partial charge in [-0.25, -0.2) is 14.1 Å². The van der Waals surface area contributed by atoms with Crippen LogP contribution in [0, 0.1) is 19.7 Å². The molecule has 9 nitrogen and oxygen atoms in total. The van der Waals surface area contributed by atoms with Gasteiger partial charge in [0.2, 0.25) is 11.5 Å². The fraction of sp³-hybridized carbons (Fsp3) is 0.267. The van der Waals surface area contributed by atoms with Crippen LogP contribution in [0.15, 0.2) is 60.7 Å². The van der Waals surface area contributed by atoms with Crippen molar-refractivity contribution in [3.8, 4) is 22.7 Å².